The van der Waals surface area contributed by atoms with Gasteiger partial charge in [-0.3, -0.25) is 9.59 Å². The van der Waals surface area contributed by atoms with Crippen LogP contribution in [0.5, 0.6) is 0 Å². The number of benzene rings is 4. The van der Waals surface area contributed by atoms with Crippen LogP contribution >= 0.6 is 23.2 Å². The lowest BCUT2D eigenvalue weighted by Crippen LogP contribution is -2.49. The van der Waals surface area contributed by atoms with E-state index in [0.29, 0.717) is 47.5 Å². The molecule has 0 aromatic heterocycles. The molecule has 1 N–H and O–H groups in total. The zero-order chi connectivity index (χ0) is 25.2. The molecule has 4 aromatic rings. The van der Waals surface area contributed by atoms with Crippen LogP contribution in [0.25, 0.3) is 10.8 Å². The zero-order valence-corrected chi connectivity index (χ0v) is 21.3. The van der Waals surface area contributed by atoms with E-state index in [0.717, 1.165) is 27.6 Å². The molecule has 0 atom stereocenters. The standard InChI is InChI=1S/C29H25Cl2N3O2/c1-19-6-2-3-7-21(19)29(36)34-16-14-33(15-17-34)27-13-12-20(18-26(27)31)32-28(35)24-10-4-9-23-22(24)8-5-11-25(23)30/h2-13,18H,14-17H2,1H3,(H,32,35). The summed E-state index contributed by atoms with van der Waals surface area (Å²) in [7, 11) is 0. The Morgan fingerprint density at radius 1 is 0.750 bits per heavy atom. The number of anilines is 2. The van der Waals surface area contributed by atoms with Crippen LogP contribution in [0.2, 0.25) is 10.0 Å². The first kappa shape index (κ1) is 24.2. The van der Waals surface area contributed by atoms with E-state index in [1.165, 1.54) is 0 Å². The second-order valence-corrected chi connectivity index (χ2v) is 9.67. The smallest absolute Gasteiger partial charge is 0.256 e. The maximum atomic E-state index is 13.0. The minimum absolute atomic E-state index is 0.0617. The van der Waals surface area contributed by atoms with Gasteiger partial charge < -0.3 is 15.1 Å². The summed E-state index contributed by atoms with van der Waals surface area (Å²) in [6, 6.07) is 24.2. The maximum absolute atomic E-state index is 13.0. The van der Waals surface area contributed by atoms with Crippen molar-refractivity contribution < 1.29 is 9.59 Å². The SMILES string of the molecule is Cc1ccccc1C(=O)N1CCN(c2ccc(NC(=O)c3cccc4c(Cl)cccc34)cc2Cl)CC1. The number of nitrogens with one attached hydrogen (secondary N) is 1. The van der Waals surface area contributed by atoms with Crippen molar-refractivity contribution in [1.29, 1.82) is 0 Å². The first-order valence-electron chi connectivity index (χ1n) is 11.8. The molecule has 1 fully saturated rings. The van der Waals surface area contributed by atoms with Gasteiger partial charge in [0.2, 0.25) is 0 Å². The molecular weight excluding hydrogens is 493 g/mol. The molecule has 5 nitrogen and oxygen atoms in total. The number of carbonyl (C=O) groups excluding carboxylic acids is 2. The van der Waals surface area contributed by atoms with Crippen molar-refractivity contribution in [3.63, 3.8) is 0 Å². The quantitative estimate of drug-likeness (QED) is 0.328. The Bertz CT molecular complexity index is 1460. The Balaban J connectivity index is 1.26. The highest BCUT2D eigenvalue weighted by molar-refractivity contribution is 6.36. The highest BCUT2D eigenvalue weighted by Gasteiger charge is 2.24. The molecule has 0 spiro atoms. The van der Waals surface area contributed by atoms with Gasteiger partial charge in [0.05, 0.1) is 10.7 Å². The molecule has 182 valence electrons. The first-order chi connectivity index (χ1) is 17.4. The molecule has 1 aliphatic rings. The van der Waals surface area contributed by atoms with E-state index in [4.69, 9.17) is 23.2 Å². The number of carbonyl (C=O) groups is 2. The third kappa shape index (κ3) is 4.77. The van der Waals surface area contributed by atoms with Crippen molar-refractivity contribution in [3.8, 4) is 0 Å². The highest BCUT2D eigenvalue weighted by Crippen LogP contribution is 2.31. The van der Waals surface area contributed by atoms with Crippen molar-refractivity contribution in [2.24, 2.45) is 0 Å². The summed E-state index contributed by atoms with van der Waals surface area (Å²) in [5.74, 6) is -0.165. The van der Waals surface area contributed by atoms with Gasteiger partial charge in [0.25, 0.3) is 11.8 Å². The average molecular weight is 518 g/mol. The van der Waals surface area contributed by atoms with Gasteiger partial charge in [-0.05, 0) is 54.3 Å². The van der Waals surface area contributed by atoms with Gasteiger partial charge in [0.15, 0.2) is 0 Å². The number of rotatable bonds is 4. The number of fused-ring (bicyclic) bond motifs is 1. The molecule has 0 bridgehead atoms. The Labute approximate surface area is 220 Å². The van der Waals surface area contributed by atoms with Gasteiger partial charge in [-0.15, -0.1) is 0 Å². The van der Waals surface area contributed by atoms with E-state index in [-0.39, 0.29) is 11.8 Å². The molecule has 2 amide bonds. The van der Waals surface area contributed by atoms with Gasteiger partial charge in [0.1, 0.15) is 0 Å². The second kappa shape index (κ2) is 10.2. The van der Waals surface area contributed by atoms with E-state index in [1.807, 2.05) is 78.6 Å². The minimum Gasteiger partial charge on any atom is -0.367 e. The molecular formula is C29H25Cl2N3O2. The Morgan fingerprint density at radius 2 is 1.44 bits per heavy atom. The lowest BCUT2D eigenvalue weighted by atomic mass is 10.0. The summed E-state index contributed by atoms with van der Waals surface area (Å²) in [5, 5.41) is 5.73. The average Bonchev–Trinajstić information content (AvgIpc) is 2.89. The molecule has 7 heteroatoms. The summed E-state index contributed by atoms with van der Waals surface area (Å²) < 4.78 is 0. The van der Waals surface area contributed by atoms with E-state index in [2.05, 4.69) is 10.2 Å². The largest absolute Gasteiger partial charge is 0.367 e. The fraction of sp³-hybridized carbons (Fsp3) is 0.172. The van der Waals surface area contributed by atoms with Crippen molar-refractivity contribution in [2.45, 2.75) is 6.92 Å². The highest BCUT2D eigenvalue weighted by atomic mass is 35.5. The molecule has 36 heavy (non-hydrogen) atoms. The van der Waals surface area contributed by atoms with Crippen LogP contribution in [0.1, 0.15) is 26.3 Å². The Morgan fingerprint density at radius 3 is 2.19 bits per heavy atom. The summed E-state index contributed by atoms with van der Waals surface area (Å²) in [6.07, 6.45) is 0. The molecule has 4 aromatic carbocycles. The predicted molar refractivity (Wildman–Crippen MR) is 148 cm³/mol. The lowest BCUT2D eigenvalue weighted by Gasteiger charge is -2.36. The van der Waals surface area contributed by atoms with Gasteiger partial charge in [-0.2, -0.15) is 0 Å². The van der Waals surface area contributed by atoms with Gasteiger partial charge in [0, 0.05) is 53.4 Å². The predicted octanol–water partition coefficient (Wildman–Crippen LogP) is 6.67. The molecule has 0 unspecified atom stereocenters. The first-order valence-corrected chi connectivity index (χ1v) is 12.6. The maximum Gasteiger partial charge on any atom is 0.256 e. The van der Waals surface area contributed by atoms with E-state index in [1.54, 1.807) is 12.1 Å². The summed E-state index contributed by atoms with van der Waals surface area (Å²) >= 11 is 12.9. The molecule has 0 radical (unpaired) electrons. The molecule has 1 heterocycles. The number of halogens is 2. The Hall–Kier alpha value is -3.54. The van der Waals surface area contributed by atoms with E-state index in [9.17, 15) is 9.59 Å². The van der Waals surface area contributed by atoms with E-state index < -0.39 is 0 Å². The van der Waals surface area contributed by atoms with Crippen LogP contribution in [-0.2, 0) is 0 Å². The summed E-state index contributed by atoms with van der Waals surface area (Å²) in [6.45, 7) is 4.55. The topological polar surface area (TPSA) is 52.7 Å². The zero-order valence-electron chi connectivity index (χ0n) is 19.8. The van der Waals surface area contributed by atoms with Crippen molar-refractivity contribution >= 4 is 57.2 Å². The van der Waals surface area contributed by atoms with Crippen LogP contribution in [0.15, 0.2) is 78.9 Å². The van der Waals surface area contributed by atoms with Crippen LogP contribution in [0.3, 0.4) is 0 Å². The monoisotopic (exact) mass is 517 g/mol. The van der Waals surface area contributed by atoms with Crippen LogP contribution in [0.4, 0.5) is 11.4 Å². The van der Waals surface area contributed by atoms with Gasteiger partial charge in [-0.1, -0.05) is 65.7 Å². The van der Waals surface area contributed by atoms with Crippen molar-refractivity contribution in [2.75, 3.05) is 36.4 Å². The number of amides is 2. The second-order valence-electron chi connectivity index (χ2n) is 8.86. The van der Waals surface area contributed by atoms with Gasteiger partial charge >= 0.3 is 0 Å². The fourth-order valence-electron chi connectivity index (χ4n) is 4.64. The molecule has 0 saturated carbocycles. The third-order valence-electron chi connectivity index (χ3n) is 6.60. The van der Waals surface area contributed by atoms with Crippen molar-refractivity contribution in [1.82, 2.24) is 4.90 Å². The minimum atomic E-state index is -0.227. The molecule has 1 aliphatic heterocycles. The summed E-state index contributed by atoms with van der Waals surface area (Å²) in [4.78, 5) is 30.0. The summed E-state index contributed by atoms with van der Waals surface area (Å²) in [5.41, 5.74) is 3.77. The number of piperazine rings is 1. The number of nitrogens with zero attached hydrogens (tertiary/aromatic N) is 2. The van der Waals surface area contributed by atoms with Crippen molar-refractivity contribution in [3.05, 3.63) is 106 Å². The molecule has 0 aliphatic carbocycles. The molecule has 5 rings (SSSR count). The fourth-order valence-corrected chi connectivity index (χ4v) is 5.18. The Kier molecular flexibility index (Phi) is 6.86. The van der Waals surface area contributed by atoms with Crippen LogP contribution in [0, 0.1) is 6.92 Å². The van der Waals surface area contributed by atoms with Gasteiger partial charge in [-0.25, -0.2) is 0 Å². The number of aryl methyl sites for hydroxylation is 1. The van der Waals surface area contributed by atoms with Crippen LogP contribution < -0.4 is 10.2 Å². The normalized spacial score (nSPS) is 13.6. The number of hydrogen-bond donors (Lipinski definition) is 1. The van der Waals surface area contributed by atoms with E-state index >= 15 is 0 Å². The number of hydrogen-bond acceptors (Lipinski definition) is 3. The molecule has 1 saturated heterocycles. The lowest BCUT2D eigenvalue weighted by molar-refractivity contribution is 0.0746. The third-order valence-corrected chi connectivity index (χ3v) is 7.23. The van der Waals surface area contributed by atoms with Crippen LogP contribution in [-0.4, -0.2) is 42.9 Å².